The molecule has 0 heterocycles. The minimum absolute atomic E-state index is 0.0162. The molecule has 0 saturated heterocycles. The maximum atomic E-state index is 12.5. The largest absolute Gasteiger partial charge is 0.466 e. The predicted octanol–water partition coefficient (Wildman–Crippen LogP) is 25.3. The van der Waals surface area contributed by atoms with Crippen molar-refractivity contribution in [2.45, 2.75) is 450 Å². The Labute approximate surface area is 526 Å². The summed E-state index contributed by atoms with van der Waals surface area (Å²) in [7, 11) is 0. The molecule has 0 radical (unpaired) electrons. The van der Waals surface area contributed by atoms with Crippen LogP contribution in [0.4, 0.5) is 0 Å². The first-order valence-corrected chi connectivity index (χ1v) is 38.6. The Morgan fingerprint density at radius 3 is 0.845 bits per heavy atom. The van der Waals surface area contributed by atoms with Crippen LogP contribution in [-0.4, -0.2) is 47.4 Å². The van der Waals surface area contributed by atoms with Gasteiger partial charge in [0, 0.05) is 12.8 Å². The average molecular weight is 1180 g/mol. The number of carbonyl (C=O) groups excluding carboxylic acids is 2. The van der Waals surface area contributed by atoms with E-state index in [1.807, 2.05) is 6.08 Å². The van der Waals surface area contributed by atoms with Crippen LogP contribution in [0, 0.1) is 0 Å². The van der Waals surface area contributed by atoms with Crippen LogP contribution < -0.4 is 5.32 Å². The van der Waals surface area contributed by atoms with Gasteiger partial charge in [0.2, 0.25) is 5.91 Å². The molecule has 0 aliphatic carbocycles. The minimum atomic E-state index is -0.843. The van der Waals surface area contributed by atoms with E-state index in [1.54, 1.807) is 6.08 Å². The number of hydrogen-bond acceptors (Lipinski definition) is 5. The third-order valence-corrected chi connectivity index (χ3v) is 18.2. The van der Waals surface area contributed by atoms with Crippen LogP contribution in [0.15, 0.2) is 24.3 Å². The lowest BCUT2D eigenvalue weighted by atomic mass is 10.0. The molecule has 0 aliphatic heterocycles. The van der Waals surface area contributed by atoms with Gasteiger partial charge in [0.25, 0.3) is 0 Å². The molecule has 1 amide bonds. The van der Waals surface area contributed by atoms with Gasteiger partial charge < -0.3 is 20.3 Å². The van der Waals surface area contributed by atoms with Crippen molar-refractivity contribution in [2.75, 3.05) is 13.2 Å². The van der Waals surface area contributed by atoms with Crippen LogP contribution in [0.2, 0.25) is 0 Å². The van der Waals surface area contributed by atoms with Gasteiger partial charge in [-0.15, -0.1) is 0 Å². The summed E-state index contributed by atoms with van der Waals surface area (Å²) in [5.41, 5.74) is 0. The van der Waals surface area contributed by atoms with Gasteiger partial charge in [-0.1, -0.05) is 391 Å². The van der Waals surface area contributed by atoms with Gasteiger partial charge in [0.1, 0.15) is 0 Å². The van der Waals surface area contributed by atoms with E-state index in [-0.39, 0.29) is 18.5 Å². The molecule has 0 rings (SSSR count). The lowest BCUT2D eigenvalue weighted by Gasteiger charge is -2.20. The number of aliphatic hydroxyl groups excluding tert-OH is 2. The molecule has 0 aromatic carbocycles. The topological polar surface area (TPSA) is 95.9 Å². The van der Waals surface area contributed by atoms with E-state index in [9.17, 15) is 19.8 Å². The molecule has 0 saturated carbocycles. The summed E-state index contributed by atoms with van der Waals surface area (Å²) in [4.78, 5) is 24.6. The van der Waals surface area contributed by atoms with Gasteiger partial charge in [-0.25, -0.2) is 0 Å². The van der Waals surface area contributed by atoms with Gasteiger partial charge in [0.15, 0.2) is 0 Å². The van der Waals surface area contributed by atoms with E-state index in [0.717, 1.165) is 44.9 Å². The normalized spacial score (nSPS) is 12.6. The van der Waals surface area contributed by atoms with Crippen molar-refractivity contribution in [1.29, 1.82) is 0 Å². The molecule has 0 fully saturated rings. The molecular weight excluding hydrogens is 1030 g/mol. The third-order valence-electron chi connectivity index (χ3n) is 18.2. The first-order valence-electron chi connectivity index (χ1n) is 38.6. The van der Waals surface area contributed by atoms with Crippen molar-refractivity contribution in [2.24, 2.45) is 0 Å². The van der Waals surface area contributed by atoms with Gasteiger partial charge >= 0.3 is 5.97 Å². The fourth-order valence-corrected chi connectivity index (χ4v) is 12.3. The zero-order valence-corrected chi connectivity index (χ0v) is 57.2. The number of hydrogen-bond donors (Lipinski definition) is 3. The molecule has 84 heavy (non-hydrogen) atoms. The number of nitrogens with one attached hydrogen (secondary N) is 1. The first-order chi connectivity index (χ1) is 41.5. The SMILES string of the molecule is CCCCCCCC/C=C\CCCCCCCCCC(=O)OCCCCCCCCCCCCCCCCCCCCCCCCCCCCCCC(=O)NC(CO)C(O)/C=C/CCCCCCCCCCCCCCCCCCCCCC. The van der Waals surface area contributed by atoms with Crippen LogP contribution in [0.5, 0.6) is 0 Å². The Hall–Kier alpha value is -1.66. The van der Waals surface area contributed by atoms with Crippen molar-refractivity contribution in [3.8, 4) is 0 Å². The molecule has 2 atom stereocenters. The summed E-state index contributed by atoms with van der Waals surface area (Å²) < 4.78 is 5.51. The highest BCUT2D eigenvalue weighted by atomic mass is 16.5. The van der Waals surface area contributed by atoms with Crippen LogP contribution in [0.25, 0.3) is 0 Å². The lowest BCUT2D eigenvalue weighted by Crippen LogP contribution is -2.45. The molecule has 0 spiro atoms. The first kappa shape index (κ1) is 82.3. The second kappa shape index (κ2) is 73.8. The van der Waals surface area contributed by atoms with E-state index < -0.39 is 12.1 Å². The van der Waals surface area contributed by atoms with Crippen LogP contribution in [-0.2, 0) is 14.3 Å². The third kappa shape index (κ3) is 69.4. The van der Waals surface area contributed by atoms with E-state index in [4.69, 9.17) is 4.74 Å². The Morgan fingerprint density at radius 2 is 0.560 bits per heavy atom. The van der Waals surface area contributed by atoms with Gasteiger partial charge in [0.05, 0.1) is 25.4 Å². The maximum absolute atomic E-state index is 12.5. The highest BCUT2D eigenvalue weighted by molar-refractivity contribution is 5.76. The number of amides is 1. The van der Waals surface area contributed by atoms with E-state index in [1.165, 1.54) is 366 Å². The van der Waals surface area contributed by atoms with Crippen LogP contribution in [0.3, 0.4) is 0 Å². The fraction of sp³-hybridized carbons (Fsp3) is 0.923. The van der Waals surface area contributed by atoms with E-state index >= 15 is 0 Å². The number of aliphatic hydroxyl groups is 2. The molecular formula is C78H151NO5. The van der Waals surface area contributed by atoms with Crippen molar-refractivity contribution >= 4 is 11.9 Å². The van der Waals surface area contributed by atoms with E-state index in [2.05, 4.69) is 31.3 Å². The highest BCUT2D eigenvalue weighted by Crippen LogP contribution is 2.20. The Kier molecular flexibility index (Phi) is 72.3. The van der Waals surface area contributed by atoms with Crippen molar-refractivity contribution in [3.63, 3.8) is 0 Å². The summed E-state index contributed by atoms with van der Waals surface area (Å²) in [5.74, 6) is -0.0438. The summed E-state index contributed by atoms with van der Waals surface area (Å²) in [5, 5.41) is 23.3. The number of carbonyl (C=O) groups is 2. The number of ether oxygens (including phenoxy) is 1. The Bertz CT molecular complexity index is 1320. The Balaban J connectivity index is 3.36. The second-order valence-electron chi connectivity index (χ2n) is 26.7. The lowest BCUT2D eigenvalue weighted by molar-refractivity contribution is -0.143. The molecule has 2 unspecified atom stereocenters. The standard InChI is InChI=1S/C78H151NO5/c1-3-5-7-9-11-13-15-17-19-21-22-23-32-35-39-42-46-50-54-58-62-66-70-76(81)75(74-80)79-77(82)71-67-63-59-55-51-47-43-40-36-33-30-28-26-24-25-27-29-31-34-37-41-45-49-53-57-61-65-69-73-84-78(83)72-68-64-60-56-52-48-44-38-20-18-16-14-12-10-8-6-4-2/h18,20,66,70,75-76,80-81H,3-17,19,21-65,67-69,71-74H2,1-2H3,(H,79,82)/b20-18-,70-66+. The summed E-state index contributed by atoms with van der Waals surface area (Å²) in [6, 6.07) is -0.626. The number of unbranched alkanes of at least 4 members (excludes halogenated alkanes) is 60. The van der Waals surface area contributed by atoms with Gasteiger partial charge in [-0.3, -0.25) is 9.59 Å². The smallest absolute Gasteiger partial charge is 0.305 e. The molecule has 6 heteroatoms. The zero-order valence-electron chi connectivity index (χ0n) is 57.2. The van der Waals surface area contributed by atoms with Crippen LogP contribution in [0.1, 0.15) is 438 Å². The number of rotatable bonds is 73. The van der Waals surface area contributed by atoms with Gasteiger partial charge in [-0.05, 0) is 57.8 Å². The summed E-state index contributed by atoms with van der Waals surface area (Å²) in [6.45, 7) is 4.95. The molecule has 6 nitrogen and oxygen atoms in total. The second-order valence-corrected chi connectivity index (χ2v) is 26.7. The van der Waals surface area contributed by atoms with E-state index in [0.29, 0.717) is 19.4 Å². The van der Waals surface area contributed by atoms with Crippen molar-refractivity contribution in [3.05, 3.63) is 24.3 Å². The maximum Gasteiger partial charge on any atom is 0.305 e. The predicted molar refractivity (Wildman–Crippen MR) is 370 cm³/mol. The highest BCUT2D eigenvalue weighted by Gasteiger charge is 2.18. The quantitative estimate of drug-likeness (QED) is 0.0320. The molecule has 0 aliphatic rings. The molecule has 0 bridgehead atoms. The summed E-state index contributed by atoms with van der Waals surface area (Å²) in [6.07, 6.45) is 94.3. The summed E-state index contributed by atoms with van der Waals surface area (Å²) >= 11 is 0. The number of allylic oxidation sites excluding steroid dienone is 3. The van der Waals surface area contributed by atoms with Crippen LogP contribution >= 0.6 is 0 Å². The van der Waals surface area contributed by atoms with Crippen molar-refractivity contribution < 1.29 is 24.5 Å². The molecule has 0 aromatic heterocycles. The molecule has 0 aromatic rings. The Morgan fingerprint density at radius 1 is 0.321 bits per heavy atom. The minimum Gasteiger partial charge on any atom is -0.466 e. The zero-order chi connectivity index (χ0) is 60.6. The monoisotopic (exact) mass is 1180 g/mol. The number of esters is 1. The fourth-order valence-electron chi connectivity index (χ4n) is 12.3. The molecule has 3 N–H and O–H groups in total. The molecule has 498 valence electrons. The van der Waals surface area contributed by atoms with Crippen molar-refractivity contribution in [1.82, 2.24) is 5.32 Å². The van der Waals surface area contributed by atoms with Gasteiger partial charge in [-0.2, -0.15) is 0 Å². The average Bonchev–Trinajstić information content (AvgIpc) is 3.51.